The van der Waals surface area contributed by atoms with Gasteiger partial charge in [-0.3, -0.25) is 0 Å². The van der Waals surface area contributed by atoms with Gasteiger partial charge in [-0.2, -0.15) is 0 Å². The first-order valence-corrected chi connectivity index (χ1v) is 16.3. The van der Waals surface area contributed by atoms with Crippen molar-refractivity contribution >= 4 is 27.4 Å². The lowest BCUT2D eigenvalue weighted by Gasteiger charge is -2.50. The number of carbonyl (C=O) groups excluding carboxylic acids is 2. The summed E-state index contributed by atoms with van der Waals surface area (Å²) in [5, 5.41) is 0. The number of hydrogen-bond acceptors (Lipinski definition) is 5. The summed E-state index contributed by atoms with van der Waals surface area (Å²) in [6, 6.07) is 1.05. The van der Waals surface area contributed by atoms with E-state index < -0.39 is 39.3 Å². The molecule has 0 spiro atoms. The van der Waals surface area contributed by atoms with Crippen molar-refractivity contribution in [3.63, 3.8) is 0 Å². The molecule has 1 heterocycles. The van der Waals surface area contributed by atoms with E-state index >= 15 is 0 Å². The molecule has 1 aliphatic rings. The third-order valence-electron chi connectivity index (χ3n) is 5.42. The molecule has 0 N–H and O–H groups in total. The van der Waals surface area contributed by atoms with E-state index in [0.717, 1.165) is 6.04 Å². The summed E-state index contributed by atoms with van der Waals surface area (Å²) in [5.74, 6) is -2.58. The maximum atomic E-state index is 12.3. The molecule has 1 aliphatic heterocycles. The summed E-state index contributed by atoms with van der Waals surface area (Å²) in [6.07, 6.45) is 1.30. The fourth-order valence-corrected chi connectivity index (χ4v) is 9.47. The molecular formula is C19H34O5Si2. The van der Waals surface area contributed by atoms with Crippen LogP contribution in [0.4, 0.5) is 0 Å². The molecule has 0 aliphatic carbocycles. The lowest BCUT2D eigenvalue weighted by Crippen LogP contribution is -2.66. The highest BCUT2D eigenvalue weighted by Crippen LogP contribution is 2.41. The van der Waals surface area contributed by atoms with Crippen molar-refractivity contribution in [1.29, 1.82) is 0 Å². The third kappa shape index (κ3) is 4.95. The fourth-order valence-electron chi connectivity index (χ4n) is 2.93. The van der Waals surface area contributed by atoms with Crippen LogP contribution in [0.2, 0.25) is 32.2 Å². The summed E-state index contributed by atoms with van der Waals surface area (Å²) in [6.45, 7) is 21.5. The van der Waals surface area contributed by atoms with E-state index in [2.05, 4.69) is 39.3 Å². The highest BCUT2D eigenvalue weighted by atomic mass is 29.3. The monoisotopic (exact) mass is 398 g/mol. The maximum absolute atomic E-state index is 12.3. The van der Waals surface area contributed by atoms with E-state index in [1.165, 1.54) is 0 Å². The third-order valence-corrected chi connectivity index (χ3v) is 22.0. The fraction of sp³-hybridized carbons (Fsp3) is 0.684. The van der Waals surface area contributed by atoms with Crippen LogP contribution in [0.3, 0.4) is 0 Å². The first-order chi connectivity index (χ1) is 11.8. The van der Waals surface area contributed by atoms with Crippen LogP contribution in [0, 0.1) is 0 Å². The summed E-state index contributed by atoms with van der Waals surface area (Å²) in [4.78, 5) is 24.7. The van der Waals surface area contributed by atoms with Crippen molar-refractivity contribution in [2.24, 2.45) is 0 Å². The standard InChI is InChI=1S/C19H34O5Si2/c1-10-12-19(22-17(20)14(2)3,23-18(21)15(4)5)16-11-13-25(6,7)26(8,9)24-16/h16H,2,4,10-13H2,1,3,5-9H3. The van der Waals surface area contributed by atoms with Crippen LogP contribution >= 0.6 is 0 Å². The first kappa shape index (κ1) is 22.9. The second-order valence-corrected chi connectivity index (χ2v) is 23.6. The van der Waals surface area contributed by atoms with E-state index in [4.69, 9.17) is 13.9 Å². The van der Waals surface area contributed by atoms with Gasteiger partial charge in [0, 0.05) is 17.6 Å². The van der Waals surface area contributed by atoms with E-state index in [9.17, 15) is 9.59 Å². The number of hydrogen-bond donors (Lipinski definition) is 0. The summed E-state index contributed by atoms with van der Waals surface area (Å²) in [5.41, 5.74) is 0.526. The minimum Gasteiger partial charge on any atom is -0.416 e. The van der Waals surface area contributed by atoms with Gasteiger partial charge in [0.2, 0.25) is 0 Å². The van der Waals surface area contributed by atoms with Crippen molar-refractivity contribution in [3.8, 4) is 0 Å². The van der Waals surface area contributed by atoms with Crippen LogP contribution in [0.1, 0.15) is 40.0 Å². The van der Waals surface area contributed by atoms with Gasteiger partial charge in [-0.05, 0) is 39.8 Å². The lowest BCUT2D eigenvalue weighted by molar-refractivity contribution is -0.257. The van der Waals surface area contributed by atoms with Crippen molar-refractivity contribution < 1.29 is 23.5 Å². The van der Waals surface area contributed by atoms with Crippen LogP contribution < -0.4 is 0 Å². The predicted octanol–water partition coefficient (Wildman–Crippen LogP) is 4.50. The lowest BCUT2D eigenvalue weighted by atomic mass is 10.0. The molecule has 26 heavy (non-hydrogen) atoms. The Morgan fingerprint density at radius 3 is 1.88 bits per heavy atom. The molecule has 0 aromatic rings. The van der Waals surface area contributed by atoms with Crippen molar-refractivity contribution in [3.05, 3.63) is 24.3 Å². The molecular weight excluding hydrogens is 364 g/mol. The van der Waals surface area contributed by atoms with Crippen molar-refractivity contribution in [1.82, 2.24) is 0 Å². The first-order valence-electron chi connectivity index (χ1n) is 9.23. The predicted molar refractivity (Wildman–Crippen MR) is 109 cm³/mol. The second-order valence-electron chi connectivity index (χ2n) is 8.44. The SMILES string of the molecule is C=C(C)C(=O)OC(CCC)(OC(=O)C(=C)C)C1CC[Si](C)(C)[Si](C)(C)O1. The highest BCUT2D eigenvalue weighted by molar-refractivity contribution is 7.38. The number of carbonyl (C=O) groups is 2. The average molecular weight is 399 g/mol. The van der Waals surface area contributed by atoms with E-state index in [0.29, 0.717) is 19.3 Å². The second kappa shape index (κ2) is 8.23. The molecule has 0 bridgehead atoms. The maximum Gasteiger partial charge on any atom is 0.336 e. The molecule has 0 aromatic carbocycles. The zero-order chi connectivity index (χ0) is 20.3. The van der Waals surface area contributed by atoms with Crippen molar-refractivity contribution in [2.75, 3.05) is 0 Å². The molecule has 1 saturated heterocycles. The van der Waals surface area contributed by atoms with Gasteiger partial charge in [-0.15, -0.1) is 0 Å². The molecule has 1 unspecified atom stereocenters. The Hall–Kier alpha value is -1.19. The van der Waals surface area contributed by atoms with Gasteiger partial charge in [0.1, 0.15) is 6.10 Å². The molecule has 1 rings (SSSR count). The number of rotatable bonds is 7. The minimum atomic E-state index is -1.97. The number of ether oxygens (including phenoxy) is 2. The minimum absolute atomic E-state index is 0.263. The molecule has 1 fully saturated rings. The van der Waals surface area contributed by atoms with Gasteiger partial charge in [0.15, 0.2) is 7.83 Å². The molecule has 0 aromatic heterocycles. The molecule has 148 valence electrons. The quantitative estimate of drug-likeness (QED) is 0.273. The Balaban J connectivity index is 3.32. The topological polar surface area (TPSA) is 61.8 Å². The Morgan fingerprint density at radius 1 is 1.08 bits per heavy atom. The zero-order valence-electron chi connectivity index (χ0n) is 17.4. The van der Waals surface area contributed by atoms with Crippen LogP contribution in [-0.2, 0) is 23.5 Å². The molecule has 0 amide bonds. The summed E-state index contributed by atoms with van der Waals surface area (Å²) < 4.78 is 18.1. The van der Waals surface area contributed by atoms with Crippen molar-refractivity contribution in [2.45, 2.75) is 84.2 Å². The van der Waals surface area contributed by atoms with Crippen LogP contribution in [0.5, 0.6) is 0 Å². The molecule has 0 radical (unpaired) electrons. The van der Waals surface area contributed by atoms with Crippen LogP contribution in [-0.4, -0.2) is 39.3 Å². The smallest absolute Gasteiger partial charge is 0.336 e. The van der Waals surface area contributed by atoms with Crippen LogP contribution in [0.25, 0.3) is 0 Å². The van der Waals surface area contributed by atoms with Gasteiger partial charge in [-0.25, -0.2) is 9.59 Å². The largest absolute Gasteiger partial charge is 0.416 e. The Morgan fingerprint density at radius 2 is 1.54 bits per heavy atom. The average Bonchev–Trinajstić information content (AvgIpc) is 2.49. The molecule has 0 saturated carbocycles. The zero-order valence-corrected chi connectivity index (χ0v) is 19.4. The Labute approximate surface area is 159 Å². The molecule has 7 heteroatoms. The van der Waals surface area contributed by atoms with Gasteiger partial charge in [0.05, 0.1) is 7.59 Å². The van der Waals surface area contributed by atoms with Crippen LogP contribution in [0.15, 0.2) is 24.3 Å². The normalized spacial score (nSPS) is 21.6. The number of esters is 2. The molecule has 5 nitrogen and oxygen atoms in total. The Bertz CT molecular complexity index is 567. The summed E-state index contributed by atoms with van der Waals surface area (Å²) >= 11 is 0. The van der Waals surface area contributed by atoms with E-state index in [1.54, 1.807) is 13.8 Å². The molecule has 1 atom stereocenters. The van der Waals surface area contributed by atoms with Gasteiger partial charge >= 0.3 is 11.9 Å². The van der Waals surface area contributed by atoms with E-state index in [1.807, 2.05) is 6.92 Å². The Kier molecular flexibility index (Phi) is 7.23. The van der Waals surface area contributed by atoms with E-state index in [-0.39, 0.29) is 11.1 Å². The van der Waals surface area contributed by atoms with Gasteiger partial charge in [0.25, 0.3) is 5.79 Å². The highest BCUT2D eigenvalue weighted by Gasteiger charge is 2.56. The van der Waals surface area contributed by atoms with Gasteiger partial charge < -0.3 is 13.9 Å². The van der Waals surface area contributed by atoms with Gasteiger partial charge in [-0.1, -0.05) is 39.2 Å². The summed E-state index contributed by atoms with van der Waals surface area (Å²) in [7, 11) is -3.45.